The summed E-state index contributed by atoms with van der Waals surface area (Å²) in [7, 11) is -3.82. The molecule has 6 heteroatoms. The molecule has 2 N–H and O–H groups in total. The second-order valence-corrected chi connectivity index (χ2v) is 8.38. The van der Waals surface area contributed by atoms with Crippen LogP contribution in [0.2, 0.25) is 0 Å². The molecule has 0 aliphatic rings. The van der Waals surface area contributed by atoms with E-state index in [9.17, 15) is 13.2 Å². The lowest BCUT2D eigenvalue weighted by Gasteiger charge is -2.19. The molecule has 0 fully saturated rings. The van der Waals surface area contributed by atoms with Crippen LogP contribution in [0.1, 0.15) is 42.3 Å². The summed E-state index contributed by atoms with van der Waals surface area (Å²) in [6, 6.07) is 13.5. The Kier molecular flexibility index (Phi) is 5.11. The van der Waals surface area contributed by atoms with Crippen LogP contribution in [0.3, 0.4) is 0 Å². The van der Waals surface area contributed by atoms with Gasteiger partial charge in [0.2, 0.25) is 0 Å². The average Bonchev–Trinajstić information content (AvgIpc) is 2.53. The third kappa shape index (κ3) is 4.43. The van der Waals surface area contributed by atoms with Gasteiger partial charge in [-0.15, -0.1) is 4.83 Å². The monoisotopic (exact) mass is 346 g/mol. The number of hydrogen-bond donors (Lipinski definition) is 2. The molecule has 2 aromatic carbocycles. The van der Waals surface area contributed by atoms with Crippen molar-refractivity contribution in [3.63, 3.8) is 0 Å². The minimum atomic E-state index is -3.82. The van der Waals surface area contributed by atoms with Gasteiger partial charge in [0.05, 0.1) is 4.90 Å². The summed E-state index contributed by atoms with van der Waals surface area (Å²) in [6.07, 6.45) is 0. The Hall–Kier alpha value is -2.18. The molecule has 0 radical (unpaired) electrons. The van der Waals surface area contributed by atoms with E-state index in [1.165, 1.54) is 12.1 Å². The summed E-state index contributed by atoms with van der Waals surface area (Å²) in [5.41, 5.74) is 4.60. The van der Waals surface area contributed by atoms with E-state index >= 15 is 0 Å². The highest BCUT2D eigenvalue weighted by Crippen LogP contribution is 2.23. The number of aryl methyl sites for hydroxylation is 1. The Morgan fingerprint density at radius 1 is 0.917 bits per heavy atom. The van der Waals surface area contributed by atoms with Gasteiger partial charge in [0.25, 0.3) is 15.9 Å². The Bertz CT molecular complexity index is 818. The first-order valence-electron chi connectivity index (χ1n) is 7.59. The second kappa shape index (κ2) is 6.75. The van der Waals surface area contributed by atoms with Crippen molar-refractivity contribution < 1.29 is 13.2 Å². The van der Waals surface area contributed by atoms with E-state index in [-0.39, 0.29) is 10.3 Å². The van der Waals surface area contributed by atoms with E-state index in [0.29, 0.717) is 5.56 Å². The molecule has 5 nitrogen and oxygen atoms in total. The summed E-state index contributed by atoms with van der Waals surface area (Å²) in [6.45, 7) is 8.06. The number of hydrogen-bond acceptors (Lipinski definition) is 3. The molecule has 1 amide bonds. The summed E-state index contributed by atoms with van der Waals surface area (Å²) >= 11 is 0. The van der Waals surface area contributed by atoms with E-state index < -0.39 is 15.9 Å². The predicted molar refractivity (Wildman–Crippen MR) is 94.1 cm³/mol. The fraction of sp³-hybridized carbons (Fsp3) is 0.278. The van der Waals surface area contributed by atoms with Gasteiger partial charge in [0.15, 0.2) is 0 Å². The van der Waals surface area contributed by atoms with Crippen molar-refractivity contribution in [2.24, 2.45) is 0 Å². The number of nitrogens with one attached hydrogen (secondary N) is 2. The zero-order valence-corrected chi connectivity index (χ0v) is 15.1. The van der Waals surface area contributed by atoms with Crippen molar-refractivity contribution in [3.8, 4) is 0 Å². The fourth-order valence-corrected chi connectivity index (χ4v) is 2.92. The lowest BCUT2D eigenvalue weighted by Crippen LogP contribution is -2.41. The lowest BCUT2D eigenvalue weighted by atomic mass is 9.87. The van der Waals surface area contributed by atoms with Gasteiger partial charge in [-0.3, -0.25) is 10.2 Å². The van der Waals surface area contributed by atoms with Crippen molar-refractivity contribution in [1.82, 2.24) is 10.3 Å². The highest BCUT2D eigenvalue weighted by molar-refractivity contribution is 7.89. The molecule has 0 saturated carbocycles. The SMILES string of the molecule is Cc1ccc(C(=O)NNS(=O)(=O)c2ccc(C(C)(C)C)cc2)cc1. The first-order valence-corrected chi connectivity index (χ1v) is 9.07. The van der Waals surface area contributed by atoms with Gasteiger partial charge >= 0.3 is 0 Å². The fourth-order valence-electron chi connectivity index (χ4n) is 2.08. The Morgan fingerprint density at radius 3 is 1.96 bits per heavy atom. The molecule has 0 aliphatic carbocycles. The van der Waals surface area contributed by atoms with Gasteiger partial charge in [-0.05, 0) is 42.2 Å². The summed E-state index contributed by atoms with van der Waals surface area (Å²) in [5, 5.41) is 0. The van der Waals surface area contributed by atoms with Crippen LogP contribution in [0.25, 0.3) is 0 Å². The molecular weight excluding hydrogens is 324 g/mol. The molecule has 0 heterocycles. The van der Waals surface area contributed by atoms with E-state index in [0.717, 1.165) is 11.1 Å². The number of sulfonamides is 1. The average molecular weight is 346 g/mol. The van der Waals surface area contributed by atoms with Crippen molar-refractivity contribution in [1.29, 1.82) is 0 Å². The first kappa shape index (κ1) is 18.2. The minimum absolute atomic E-state index is 0.0601. The largest absolute Gasteiger partial charge is 0.273 e. The molecule has 0 bridgehead atoms. The van der Waals surface area contributed by atoms with Gasteiger partial charge in [-0.1, -0.05) is 50.6 Å². The third-order valence-electron chi connectivity index (χ3n) is 3.64. The Labute approximate surface area is 143 Å². The van der Waals surface area contributed by atoms with E-state index in [4.69, 9.17) is 0 Å². The van der Waals surface area contributed by atoms with Gasteiger partial charge in [0.1, 0.15) is 0 Å². The highest BCUT2D eigenvalue weighted by atomic mass is 32.2. The Morgan fingerprint density at radius 2 is 1.46 bits per heavy atom. The van der Waals surface area contributed by atoms with Crippen molar-refractivity contribution in [2.45, 2.75) is 38.0 Å². The molecule has 0 atom stereocenters. The first-order chi connectivity index (χ1) is 11.1. The zero-order chi connectivity index (χ0) is 18.0. The Balaban J connectivity index is 2.08. The molecule has 128 valence electrons. The summed E-state index contributed by atoms with van der Waals surface area (Å²) in [5.74, 6) is -0.509. The van der Waals surface area contributed by atoms with Crippen LogP contribution in [0.5, 0.6) is 0 Å². The maximum absolute atomic E-state index is 12.3. The van der Waals surface area contributed by atoms with Crippen molar-refractivity contribution >= 4 is 15.9 Å². The number of rotatable bonds is 4. The molecule has 0 aromatic heterocycles. The summed E-state index contributed by atoms with van der Waals surface area (Å²) in [4.78, 5) is 14.2. The zero-order valence-electron chi connectivity index (χ0n) is 14.3. The topological polar surface area (TPSA) is 75.3 Å². The van der Waals surface area contributed by atoms with E-state index in [1.807, 2.05) is 6.92 Å². The van der Waals surface area contributed by atoms with Gasteiger partial charge in [-0.25, -0.2) is 8.42 Å². The molecule has 0 unspecified atom stereocenters. The van der Waals surface area contributed by atoms with Crippen LogP contribution >= 0.6 is 0 Å². The van der Waals surface area contributed by atoms with Crippen LogP contribution in [0.15, 0.2) is 53.4 Å². The van der Waals surface area contributed by atoms with Crippen LogP contribution in [0.4, 0.5) is 0 Å². The molecule has 0 aliphatic heterocycles. The quantitative estimate of drug-likeness (QED) is 0.836. The van der Waals surface area contributed by atoms with Gasteiger partial charge in [0, 0.05) is 5.56 Å². The third-order valence-corrected chi connectivity index (χ3v) is 4.91. The molecule has 0 spiro atoms. The van der Waals surface area contributed by atoms with Crippen LogP contribution in [-0.2, 0) is 15.4 Å². The van der Waals surface area contributed by atoms with Crippen molar-refractivity contribution in [2.75, 3.05) is 0 Å². The number of hydrazine groups is 1. The molecule has 0 saturated heterocycles. The van der Waals surface area contributed by atoms with Crippen LogP contribution in [0, 0.1) is 6.92 Å². The lowest BCUT2D eigenvalue weighted by molar-refractivity contribution is 0.0945. The number of carbonyl (C=O) groups is 1. The maximum atomic E-state index is 12.3. The van der Waals surface area contributed by atoms with Crippen LogP contribution < -0.4 is 10.3 Å². The standard InChI is InChI=1S/C18H22N2O3S/c1-13-5-7-14(8-6-13)17(21)19-20-24(22,23)16-11-9-15(10-12-16)18(2,3)4/h5-12,20H,1-4H3,(H,19,21). The predicted octanol–water partition coefficient (Wildman–Crippen LogP) is 2.92. The smallest absolute Gasteiger partial charge is 0.266 e. The molecular formula is C18H22N2O3S. The number of amides is 1. The molecule has 24 heavy (non-hydrogen) atoms. The van der Waals surface area contributed by atoms with E-state index in [1.54, 1.807) is 36.4 Å². The second-order valence-electron chi connectivity index (χ2n) is 6.70. The summed E-state index contributed by atoms with van der Waals surface area (Å²) < 4.78 is 24.5. The molecule has 2 rings (SSSR count). The van der Waals surface area contributed by atoms with E-state index in [2.05, 4.69) is 31.0 Å². The normalized spacial score (nSPS) is 12.0. The highest BCUT2D eigenvalue weighted by Gasteiger charge is 2.18. The number of carbonyl (C=O) groups excluding carboxylic acids is 1. The minimum Gasteiger partial charge on any atom is -0.273 e. The van der Waals surface area contributed by atoms with Crippen molar-refractivity contribution in [3.05, 3.63) is 65.2 Å². The van der Waals surface area contributed by atoms with Gasteiger partial charge in [-0.2, -0.15) is 0 Å². The van der Waals surface area contributed by atoms with Gasteiger partial charge < -0.3 is 0 Å². The maximum Gasteiger partial charge on any atom is 0.266 e. The van der Waals surface area contributed by atoms with Crippen LogP contribution in [-0.4, -0.2) is 14.3 Å². The molecule has 2 aromatic rings. The number of benzene rings is 2.